The van der Waals surface area contributed by atoms with E-state index in [1.54, 1.807) is 11.0 Å². The van der Waals surface area contributed by atoms with Crippen LogP contribution in [0, 0.1) is 5.92 Å². The Morgan fingerprint density at radius 2 is 2.08 bits per heavy atom. The third kappa shape index (κ3) is 6.04. The molecule has 2 heterocycles. The summed E-state index contributed by atoms with van der Waals surface area (Å²) in [6.07, 6.45) is 1.43. The van der Waals surface area contributed by atoms with E-state index in [1.165, 1.54) is 0 Å². The average molecular weight is 371 g/mol. The van der Waals surface area contributed by atoms with Crippen molar-refractivity contribution in [3.05, 3.63) is 11.2 Å². The Bertz CT molecular complexity index is 613. The molecule has 1 aromatic rings. The molecular formula is C16H23ClN4O4. The highest BCUT2D eigenvalue weighted by atomic mass is 35.5. The number of amides is 1. The van der Waals surface area contributed by atoms with E-state index in [2.05, 4.69) is 15.5 Å². The van der Waals surface area contributed by atoms with Gasteiger partial charge in [-0.1, -0.05) is 11.6 Å². The van der Waals surface area contributed by atoms with Gasteiger partial charge in [0.2, 0.25) is 0 Å². The second-order valence-electron chi connectivity index (χ2n) is 6.89. The molecule has 0 unspecified atom stereocenters. The van der Waals surface area contributed by atoms with Gasteiger partial charge in [0.1, 0.15) is 11.3 Å². The summed E-state index contributed by atoms with van der Waals surface area (Å²) in [5.41, 5.74) is 0.0274. The number of carbonyl (C=O) groups is 2. The van der Waals surface area contributed by atoms with Gasteiger partial charge in [-0.25, -0.2) is 4.79 Å². The summed E-state index contributed by atoms with van der Waals surface area (Å²) in [4.78, 5) is 24.3. The maximum absolute atomic E-state index is 12.1. The molecule has 1 amide bonds. The largest absolute Gasteiger partial charge is 0.444 e. The van der Waals surface area contributed by atoms with Crippen LogP contribution in [-0.4, -0.2) is 52.9 Å². The fourth-order valence-corrected chi connectivity index (χ4v) is 2.66. The Kier molecular flexibility index (Phi) is 6.41. The SMILES string of the molecule is CC(C)(C)OC(=O)N1CCC(CNc2cc(Cl)nnc2OC=O)CC1. The first-order valence-corrected chi connectivity index (χ1v) is 8.51. The van der Waals surface area contributed by atoms with Crippen molar-refractivity contribution in [2.75, 3.05) is 25.0 Å². The van der Waals surface area contributed by atoms with Crippen LogP contribution in [0.4, 0.5) is 10.5 Å². The molecule has 2 rings (SSSR count). The summed E-state index contributed by atoms with van der Waals surface area (Å²) in [6.45, 7) is 7.81. The second kappa shape index (κ2) is 8.33. The number of carbonyl (C=O) groups excluding carboxylic acids is 2. The number of anilines is 1. The lowest BCUT2D eigenvalue weighted by molar-refractivity contribution is -0.120. The molecule has 1 aliphatic heterocycles. The molecular weight excluding hydrogens is 348 g/mol. The molecule has 1 aliphatic rings. The fraction of sp³-hybridized carbons (Fsp3) is 0.625. The predicted octanol–water partition coefficient (Wildman–Crippen LogP) is 2.72. The topological polar surface area (TPSA) is 93.7 Å². The number of halogens is 1. The highest BCUT2D eigenvalue weighted by molar-refractivity contribution is 6.29. The van der Waals surface area contributed by atoms with E-state index in [0.29, 0.717) is 37.7 Å². The molecule has 1 N–H and O–H groups in total. The predicted molar refractivity (Wildman–Crippen MR) is 92.8 cm³/mol. The zero-order valence-electron chi connectivity index (χ0n) is 14.6. The van der Waals surface area contributed by atoms with E-state index in [4.69, 9.17) is 21.1 Å². The van der Waals surface area contributed by atoms with Gasteiger partial charge in [0.05, 0.1) is 0 Å². The maximum atomic E-state index is 12.1. The molecule has 1 aromatic heterocycles. The summed E-state index contributed by atoms with van der Waals surface area (Å²) in [7, 11) is 0. The van der Waals surface area contributed by atoms with Gasteiger partial charge in [0, 0.05) is 25.7 Å². The van der Waals surface area contributed by atoms with Gasteiger partial charge in [-0.3, -0.25) is 4.79 Å². The normalized spacial score (nSPS) is 15.6. The smallest absolute Gasteiger partial charge is 0.410 e. The Morgan fingerprint density at radius 3 is 2.68 bits per heavy atom. The molecule has 8 nitrogen and oxygen atoms in total. The lowest BCUT2D eigenvalue weighted by atomic mass is 9.97. The van der Waals surface area contributed by atoms with Crippen LogP contribution < -0.4 is 10.1 Å². The maximum Gasteiger partial charge on any atom is 0.410 e. The van der Waals surface area contributed by atoms with Crippen molar-refractivity contribution < 1.29 is 19.1 Å². The number of rotatable bonds is 5. The van der Waals surface area contributed by atoms with Crippen LogP contribution in [0.25, 0.3) is 0 Å². The minimum Gasteiger partial charge on any atom is -0.444 e. The molecule has 25 heavy (non-hydrogen) atoms. The Labute approximate surface area is 151 Å². The molecule has 0 aromatic carbocycles. The molecule has 0 spiro atoms. The summed E-state index contributed by atoms with van der Waals surface area (Å²) >= 11 is 5.83. The monoisotopic (exact) mass is 370 g/mol. The third-order valence-corrected chi connectivity index (χ3v) is 3.92. The molecule has 9 heteroatoms. The number of hydrogen-bond donors (Lipinski definition) is 1. The van der Waals surface area contributed by atoms with Crippen LogP contribution in [0.2, 0.25) is 5.15 Å². The number of piperidine rings is 1. The lowest BCUT2D eigenvalue weighted by Gasteiger charge is -2.33. The van der Waals surface area contributed by atoms with E-state index >= 15 is 0 Å². The highest BCUT2D eigenvalue weighted by Crippen LogP contribution is 2.25. The highest BCUT2D eigenvalue weighted by Gasteiger charge is 2.26. The molecule has 138 valence electrons. The average Bonchev–Trinajstić information content (AvgIpc) is 2.54. The summed E-state index contributed by atoms with van der Waals surface area (Å²) in [6, 6.07) is 1.56. The van der Waals surface area contributed by atoms with Crippen molar-refractivity contribution in [2.24, 2.45) is 5.92 Å². The van der Waals surface area contributed by atoms with Gasteiger partial charge in [-0.15, -0.1) is 10.2 Å². The van der Waals surface area contributed by atoms with Crippen molar-refractivity contribution in [1.82, 2.24) is 15.1 Å². The van der Waals surface area contributed by atoms with Gasteiger partial charge in [-0.05, 0) is 39.5 Å². The Hall–Kier alpha value is -2.09. The zero-order chi connectivity index (χ0) is 18.4. The van der Waals surface area contributed by atoms with E-state index in [-0.39, 0.29) is 17.1 Å². The molecule has 0 atom stereocenters. The van der Waals surface area contributed by atoms with Crippen LogP contribution in [0.3, 0.4) is 0 Å². The van der Waals surface area contributed by atoms with Crippen LogP contribution in [-0.2, 0) is 9.53 Å². The summed E-state index contributed by atoms with van der Waals surface area (Å²) in [5.74, 6) is 0.459. The first-order chi connectivity index (χ1) is 11.8. The molecule has 0 radical (unpaired) electrons. The zero-order valence-corrected chi connectivity index (χ0v) is 15.4. The minimum absolute atomic E-state index is 0.0885. The van der Waals surface area contributed by atoms with Crippen molar-refractivity contribution >= 4 is 29.9 Å². The number of likely N-dealkylation sites (tertiary alicyclic amines) is 1. The van der Waals surface area contributed by atoms with Crippen molar-refractivity contribution in [3.63, 3.8) is 0 Å². The number of nitrogens with one attached hydrogen (secondary N) is 1. The van der Waals surface area contributed by atoms with Crippen molar-refractivity contribution in [3.8, 4) is 5.88 Å². The quantitative estimate of drug-likeness (QED) is 0.796. The van der Waals surface area contributed by atoms with Gasteiger partial charge >= 0.3 is 6.09 Å². The number of aromatic nitrogens is 2. The van der Waals surface area contributed by atoms with Crippen LogP contribution in [0.1, 0.15) is 33.6 Å². The van der Waals surface area contributed by atoms with Gasteiger partial charge in [-0.2, -0.15) is 0 Å². The third-order valence-electron chi connectivity index (χ3n) is 3.74. The summed E-state index contributed by atoms with van der Waals surface area (Å²) < 4.78 is 10.2. The number of nitrogens with zero attached hydrogens (tertiary/aromatic N) is 3. The fourth-order valence-electron chi connectivity index (χ4n) is 2.52. The summed E-state index contributed by atoms with van der Waals surface area (Å²) in [5, 5.41) is 10.8. The van der Waals surface area contributed by atoms with Crippen molar-refractivity contribution in [2.45, 2.75) is 39.2 Å². The van der Waals surface area contributed by atoms with Crippen LogP contribution in [0.5, 0.6) is 5.88 Å². The molecule has 1 fully saturated rings. The Morgan fingerprint density at radius 1 is 1.40 bits per heavy atom. The molecule has 0 aliphatic carbocycles. The van der Waals surface area contributed by atoms with Crippen molar-refractivity contribution in [1.29, 1.82) is 0 Å². The lowest BCUT2D eigenvalue weighted by Crippen LogP contribution is -2.42. The number of ether oxygens (including phenoxy) is 2. The molecule has 0 saturated carbocycles. The first kappa shape index (κ1) is 19.2. The standard InChI is InChI=1S/C16H23ClN4O4/c1-16(2,3)25-15(23)21-6-4-11(5-7-21)9-18-12-8-13(17)19-20-14(12)24-10-22/h8,10-11H,4-7,9H2,1-3H3,(H,18,19). The van der Waals surface area contributed by atoms with E-state index in [0.717, 1.165) is 12.8 Å². The van der Waals surface area contributed by atoms with Gasteiger partial charge < -0.3 is 19.7 Å². The van der Waals surface area contributed by atoms with Gasteiger partial charge in [0.25, 0.3) is 12.4 Å². The van der Waals surface area contributed by atoms with E-state index in [1.807, 2.05) is 20.8 Å². The second-order valence-corrected chi connectivity index (χ2v) is 7.28. The number of hydrogen-bond acceptors (Lipinski definition) is 7. The molecule has 1 saturated heterocycles. The van der Waals surface area contributed by atoms with Crippen LogP contribution >= 0.6 is 11.6 Å². The van der Waals surface area contributed by atoms with E-state index in [9.17, 15) is 9.59 Å². The van der Waals surface area contributed by atoms with E-state index < -0.39 is 5.60 Å². The van der Waals surface area contributed by atoms with Gasteiger partial charge in [0.15, 0.2) is 5.15 Å². The minimum atomic E-state index is -0.488. The first-order valence-electron chi connectivity index (χ1n) is 8.14. The Balaban J connectivity index is 1.84. The van der Waals surface area contributed by atoms with Crippen LogP contribution in [0.15, 0.2) is 6.07 Å². The molecule has 0 bridgehead atoms.